The third kappa shape index (κ3) is 9.56. The largest absolute Gasteiger partial charge is 0.229 e. The minimum Gasteiger partial charge on any atom is -0.229 e. The van der Waals surface area contributed by atoms with E-state index in [-0.39, 0.29) is 17.4 Å². The van der Waals surface area contributed by atoms with Crippen molar-refractivity contribution in [2.75, 3.05) is 29.6 Å². The van der Waals surface area contributed by atoms with Crippen molar-refractivity contribution in [3.8, 4) is 0 Å². The van der Waals surface area contributed by atoms with Crippen molar-refractivity contribution in [2.24, 2.45) is 5.92 Å². The highest BCUT2D eigenvalue weighted by atomic mass is 79.9. The summed E-state index contributed by atoms with van der Waals surface area (Å²) < 4.78 is 46.8. The standard InChI is InChI=1S/C8H18BrNO4S2/c1-8(3-4-9)7-10-16(13,14)6-5-15(2,11)12/h8,10H,3-7H2,1-2H3. The molecule has 0 amide bonds. The molecule has 0 saturated carbocycles. The summed E-state index contributed by atoms with van der Waals surface area (Å²) in [7, 11) is -6.71. The van der Waals surface area contributed by atoms with E-state index in [2.05, 4.69) is 20.7 Å². The molecule has 0 heterocycles. The van der Waals surface area contributed by atoms with Gasteiger partial charge in [0, 0.05) is 18.1 Å². The zero-order chi connectivity index (χ0) is 12.8. The summed E-state index contributed by atoms with van der Waals surface area (Å²) in [5.41, 5.74) is 0. The molecular formula is C8H18BrNO4S2. The molecule has 1 atom stereocenters. The Hall–Kier alpha value is 0.340. The first-order valence-corrected chi connectivity index (χ1v) is 9.71. The fourth-order valence-corrected chi connectivity index (χ4v) is 4.44. The van der Waals surface area contributed by atoms with Crippen LogP contribution in [0.2, 0.25) is 0 Å². The average molecular weight is 336 g/mol. The van der Waals surface area contributed by atoms with Crippen LogP contribution in [0.1, 0.15) is 13.3 Å². The Morgan fingerprint density at radius 2 is 1.75 bits per heavy atom. The maximum atomic E-state index is 11.4. The van der Waals surface area contributed by atoms with Crippen LogP contribution in [-0.4, -0.2) is 46.5 Å². The second-order valence-corrected chi connectivity index (χ2v) is 8.86. The van der Waals surface area contributed by atoms with Gasteiger partial charge in [0.1, 0.15) is 9.84 Å². The van der Waals surface area contributed by atoms with Gasteiger partial charge in [0.2, 0.25) is 10.0 Å². The Labute approximate surface area is 106 Å². The monoisotopic (exact) mass is 335 g/mol. The lowest BCUT2D eigenvalue weighted by molar-refractivity contribution is 0.532. The Bertz CT molecular complexity index is 390. The summed E-state index contributed by atoms with van der Waals surface area (Å²) >= 11 is 3.27. The van der Waals surface area contributed by atoms with E-state index in [4.69, 9.17) is 0 Å². The number of sulfonamides is 1. The molecule has 0 rings (SSSR count). The van der Waals surface area contributed by atoms with E-state index in [9.17, 15) is 16.8 Å². The minimum atomic E-state index is -3.47. The minimum absolute atomic E-state index is 0.229. The Morgan fingerprint density at radius 3 is 2.19 bits per heavy atom. The van der Waals surface area contributed by atoms with E-state index in [1.807, 2.05) is 6.92 Å². The van der Waals surface area contributed by atoms with Gasteiger partial charge in [0.05, 0.1) is 11.5 Å². The Morgan fingerprint density at radius 1 is 1.19 bits per heavy atom. The van der Waals surface area contributed by atoms with Crippen molar-refractivity contribution < 1.29 is 16.8 Å². The first-order chi connectivity index (χ1) is 7.16. The van der Waals surface area contributed by atoms with Crippen molar-refractivity contribution in [3.05, 3.63) is 0 Å². The predicted molar refractivity (Wildman–Crippen MR) is 69.1 cm³/mol. The second kappa shape index (κ2) is 6.93. The molecular weight excluding hydrogens is 318 g/mol. The number of hydrogen-bond acceptors (Lipinski definition) is 4. The van der Waals surface area contributed by atoms with Crippen LogP contribution in [-0.2, 0) is 19.9 Å². The Balaban J connectivity index is 4.07. The van der Waals surface area contributed by atoms with Gasteiger partial charge in [0.15, 0.2) is 0 Å². The quantitative estimate of drug-likeness (QED) is 0.650. The van der Waals surface area contributed by atoms with Crippen molar-refractivity contribution in [1.29, 1.82) is 0 Å². The summed E-state index contributed by atoms with van der Waals surface area (Å²) in [6.07, 6.45) is 1.89. The van der Waals surface area contributed by atoms with Crippen molar-refractivity contribution >= 4 is 35.8 Å². The highest BCUT2D eigenvalue weighted by molar-refractivity contribution is 9.09. The smallest absolute Gasteiger partial charge is 0.212 e. The molecule has 0 spiro atoms. The molecule has 5 nitrogen and oxygen atoms in total. The molecule has 0 radical (unpaired) electrons. The predicted octanol–water partition coefficient (Wildman–Crippen LogP) is 0.371. The van der Waals surface area contributed by atoms with Crippen LogP contribution in [0.15, 0.2) is 0 Å². The van der Waals surface area contributed by atoms with Gasteiger partial charge in [0.25, 0.3) is 0 Å². The first-order valence-electron chi connectivity index (χ1n) is 4.87. The first kappa shape index (κ1) is 16.3. The Kier molecular flexibility index (Phi) is 7.07. The van der Waals surface area contributed by atoms with E-state index >= 15 is 0 Å². The van der Waals surface area contributed by atoms with Crippen LogP contribution in [0.25, 0.3) is 0 Å². The summed E-state index contributed by atoms with van der Waals surface area (Å²) in [5.74, 6) is -0.477. The van der Waals surface area contributed by atoms with E-state index in [1.54, 1.807) is 0 Å². The van der Waals surface area contributed by atoms with Gasteiger partial charge < -0.3 is 0 Å². The highest BCUT2D eigenvalue weighted by Crippen LogP contribution is 2.03. The van der Waals surface area contributed by atoms with Crippen molar-refractivity contribution in [2.45, 2.75) is 13.3 Å². The number of halogens is 1. The molecule has 8 heteroatoms. The molecule has 0 bridgehead atoms. The number of alkyl halides is 1. The third-order valence-electron chi connectivity index (χ3n) is 1.98. The van der Waals surface area contributed by atoms with Gasteiger partial charge in [-0.1, -0.05) is 22.9 Å². The van der Waals surface area contributed by atoms with Crippen LogP contribution in [0.4, 0.5) is 0 Å². The van der Waals surface area contributed by atoms with E-state index < -0.39 is 19.9 Å². The summed E-state index contributed by atoms with van der Waals surface area (Å²) in [5, 5.41) is 0.819. The molecule has 16 heavy (non-hydrogen) atoms. The van der Waals surface area contributed by atoms with Crippen LogP contribution in [0, 0.1) is 5.92 Å². The average Bonchev–Trinajstić information content (AvgIpc) is 2.12. The molecule has 0 aliphatic heterocycles. The van der Waals surface area contributed by atoms with E-state index in [0.717, 1.165) is 18.0 Å². The summed E-state index contributed by atoms with van der Waals surface area (Å²) in [4.78, 5) is 0. The van der Waals surface area contributed by atoms with E-state index in [0.29, 0.717) is 6.54 Å². The fourth-order valence-electron chi connectivity index (χ4n) is 0.891. The molecule has 0 aromatic carbocycles. The van der Waals surface area contributed by atoms with Gasteiger partial charge in [-0.05, 0) is 12.3 Å². The number of hydrogen-bond donors (Lipinski definition) is 1. The molecule has 0 fully saturated rings. The van der Waals surface area contributed by atoms with Crippen LogP contribution < -0.4 is 4.72 Å². The lowest BCUT2D eigenvalue weighted by atomic mass is 10.1. The topological polar surface area (TPSA) is 80.3 Å². The molecule has 0 saturated heterocycles. The van der Waals surface area contributed by atoms with Crippen molar-refractivity contribution in [1.82, 2.24) is 4.72 Å². The van der Waals surface area contributed by atoms with Crippen LogP contribution in [0.3, 0.4) is 0 Å². The van der Waals surface area contributed by atoms with Gasteiger partial charge in [-0.15, -0.1) is 0 Å². The molecule has 98 valence electrons. The maximum absolute atomic E-state index is 11.4. The lowest BCUT2D eigenvalue weighted by Gasteiger charge is -2.11. The van der Waals surface area contributed by atoms with Gasteiger partial charge in [-0.2, -0.15) is 0 Å². The zero-order valence-electron chi connectivity index (χ0n) is 9.44. The van der Waals surface area contributed by atoms with Crippen LogP contribution in [0.5, 0.6) is 0 Å². The number of rotatable bonds is 8. The number of nitrogens with one attached hydrogen (secondary N) is 1. The molecule has 0 aromatic rings. The van der Waals surface area contributed by atoms with Gasteiger partial charge in [-0.25, -0.2) is 21.6 Å². The number of sulfone groups is 1. The van der Waals surface area contributed by atoms with E-state index in [1.165, 1.54) is 0 Å². The fraction of sp³-hybridized carbons (Fsp3) is 1.00. The summed E-state index contributed by atoms with van der Waals surface area (Å²) in [6.45, 7) is 2.28. The zero-order valence-corrected chi connectivity index (χ0v) is 12.7. The summed E-state index contributed by atoms with van der Waals surface area (Å²) in [6, 6.07) is 0. The maximum Gasteiger partial charge on any atom is 0.212 e. The molecule has 1 N–H and O–H groups in total. The molecule has 1 unspecified atom stereocenters. The van der Waals surface area contributed by atoms with Gasteiger partial charge >= 0.3 is 0 Å². The SMILES string of the molecule is CC(CCBr)CNS(=O)(=O)CCS(C)(=O)=O. The van der Waals surface area contributed by atoms with Crippen molar-refractivity contribution in [3.63, 3.8) is 0 Å². The molecule has 0 aliphatic carbocycles. The normalized spacial score (nSPS) is 14.9. The highest BCUT2D eigenvalue weighted by Gasteiger charge is 2.15. The molecule has 0 aliphatic rings. The second-order valence-electron chi connectivity index (χ2n) is 3.88. The lowest BCUT2D eigenvalue weighted by Crippen LogP contribution is -2.32. The van der Waals surface area contributed by atoms with Gasteiger partial charge in [-0.3, -0.25) is 0 Å². The third-order valence-corrected chi connectivity index (χ3v) is 4.99. The molecule has 0 aromatic heterocycles. The van der Waals surface area contributed by atoms with Crippen LogP contribution >= 0.6 is 15.9 Å².